The number of rotatable bonds is 6. The Hall–Kier alpha value is -2.69. The van der Waals surface area contributed by atoms with Crippen molar-refractivity contribution in [2.45, 2.75) is 45.2 Å². The van der Waals surface area contributed by atoms with Gasteiger partial charge in [0.25, 0.3) is 5.91 Å². The van der Waals surface area contributed by atoms with Crippen LogP contribution in [-0.4, -0.2) is 61.9 Å². The molecule has 1 aromatic carbocycles. The molecule has 9 nitrogen and oxygen atoms in total. The van der Waals surface area contributed by atoms with E-state index in [2.05, 4.69) is 30.4 Å². The van der Waals surface area contributed by atoms with Crippen LogP contribution in [0.25, 0.3) is 11.3 Å². The van der Waals surface area contributed by atoms with Gasteiger partial charge in [0.2, 0.25) is 0 Å². The maximum absolute atomic E-state index is 13.3. The summed E-state index contributed by atoms with van der Waals surface area (Å²) in [5, 5.41) is 0. The minimum atomic E-state index is -4.01. The molecule has 0 saturated carbocycles. The van der Waals surface area contributed by atoms with Crippen molar-refractivity contribution >= 4 is 21.9 Å². The Morgan fingerprint density at radius 2 is 1.94 bits per heavy atom. The number of ether oxygens (including phenoxy) is 1. The largest absolute Gasteiger partial charge is 0.496 e. The highest BCUT2D eigenvalue weighted by Crippen LogP contribution is 2.39. The van der Waals surface area contributed by atoms with Gasteiger partial charge in [-0.2, -0.15) is 12.7 Å². The molecule has 1 aromatic heterocycles. The highest BCUT2D eigenvalue weighted by Gasteiger charge is 2.40. The zero-order valence-corrected chi connectivity index (χ0v) is 20.9. The van der Waals surface area contributed by atoms with Crippen LogP contribution in [0.15, 0.2) is 36.4 Å². The van der Waals surface area contributed by atoms with Crippen LogP contribution in [0.4, 0.5) is 5.82 Å². The first-order valence-electron chi connectivity index (χ1n) is 11.5. The third kappa shape index (κ3) is 4.75. The SMILES string of the molecule is COc1ccccc1-c1ccc(C(=O)NS(=O)(=O)N2CC[C@H](N)C2)c(N2C[C@@H](C)CC2(C)C)n1. The van der Waals surface area contributed by atoms with Crippen molar-refractivity contribution in [1.82, 2.24) is 14.0 Å². The summed E-state index contributed by atoms with van der Waals surface area (Å²) in [6, 6.07) is 10.7. The number of hydrogen-bond donors (Lipinski definition) is 2. The van der Waals surface area contributed by atoms with Crippen molar-refractivity contribution < 1.29 is 17.9 Å². The molecule has 0 radical (unpaired) electrons. The quantitative estimate of drug-likeness (QED) is 0.642. The number of nitrogens with two attached hydrogens (primary N) is 1. The summed E-state index contributed by atoms with van der Waals surface area (Å²) in [6.45, 7) is 7.57. The molecule has 3 N–H and O–H groups in total. The predicted octanol–water partition coefficient (Wildman–Crippen LogP) is 2.39. The van der Waals surface area contributed by atoms with Gasteiger partial charge < -0.3 is 15.4 Å². The molecule has 2 aliphatic heterocycles. The fourth-order valence-corrected chi connectivity index (χ4v) is 6.21. The van der Waals surface area contributed by atoms with Crippen LogP contribution in [0.3, 0.4) is 0 Å². The Morgan fingerprint density at radius 3 is 2.56 bits per heavy atom. The first-order chi connectivity index (χ1) is 16.0. The van der Waals surface area contributed by atoms with Crippen LogP contribution in [0, 0.1) is 5.92 Å². The molecule has 2 aliphatic rings. The van der Waals surface area contributed by atoms with Gasteiger partial charge in [-0.15, -0.1) is 0 Å². The minimum Gasteiger partial charge on any atom is -0.496 e. The molecule has 10 heteroatoms. The molecule has 2 atom stereocenters. The molecule has 0 unspecified atom stereocenters. The number of nitrogens with one attached hydrogen (secondary N) is 1. The third-order valence-electron chi connectivity index (χ3n) is 6.58. The van der Waals surface area contributed by atoms with Gasteiger partial charge in [-0.1, -0.05) is 19.1 Å². The zero-order chi connectivity index (χ0) is 24.7. The number of pyridine rings is 1. The fraction of sp³-hybridized carbons (Fsp3) is 0.500. The van der Waals surface area contributed by atoms with Crippen molar-refractivity contribution in [3.63, 3.8) is 0 Å². The summed E-state index contributed by atoms with van der Waals surface area (Å²) in [4.78, 5) is 20.3. The Balaban J connectivity index is 1.75. The average molecular weight is 488 g/mol. The monoisotopic (exact) mass is 487 g/mol. The summed E-state index contributed by atoms with van der Waals surface area (Å²) in [7, 11) is -2.41. The van der Waals surface area contributed by atoms with E-state index in [0.29, 0.717) is 36.1 Å². The van der Waals surface area contributed by atoms with Gasteiger partial charge >= 0.3 is 10.2 Å². The number of nitrogens with zero attached hydrogens (tertiary/aromatic N) is 3. The molecule has 4 rings (SSSR count). The fourth-order valence-electron chi connectivity index (χ4n) is 5.01. The van der Waals surface area contributed by atoms with Crippen molar-refractivity contribution in [2.75, 3.05) is 31.6 Å². The van der Waals surface area contributed by atoms with Gasteiger partial charge in [-0.3, -0.25) is 4.79 Å². The lowest BCUT2D eigenvalue weighted by Gasteiger charge is -2.34. The summed E-state index contributed by atoms with van der Waals surface area (Å²) < 4.78 is 34.6. The van der Waals surface area contributed by atoms with Crippen LogP contribution < -0.4 is 20.1 Å². The van der Waals surface area contributed by atoms with Gasteiger partial charge in [0.1, 0.15) is 11.6 Å². The summed E-state index contributed by atoms with van der Waals surface area (Å²) in [6.07, 6.45) is 1.49. The molecule has 0 aliphatic carbocycles. The summed E-state index contributed by atoms with van der Waals surface area (Å²) in [5.74, 6) is 0.825. The van der Waals surface area contributed by atoms with Crippen LogP contribution in [0.1, 0.15) is 44.0 Å². The Kier molecular flexibility index (Phi) is 6.58. The van der Waals surface area contributed by atoms with E-state index in [1.807, 2.05) is 24.3 Å². The minimum absolute atomic E-state index is 0.192. The number of carbonyl (C=O) groups is 1. The molecule has 34 heavy (non-hydrogen) atoms. The maximum atomic E-state index is 13.3. The molecule has 1 amide bonds. The molecule has 0 bridgehead atoms. The summed E-state index contributed by atoms with van der Waals surface area (Å²) >= 11 is 0. The average Bonchev–Trinajstić information content (AvgIpc) is 3.34. The van der Waals surface area contributed by atoms with Crippen molar-refractivity contribution in [2.24, 2.45) is 11.7 Å². The number of hydrogen-bond acceptors (Lipinski definition) is 7. The number of para-hydroxylation sites is 1. The second kappa shape index (κ2) is 9.16. The molecular formula is C24H33N5O4S. The number of aromatic nitrogens is 1. The van der Waals surface area contributed by atoms with Gasteiger partial charge in [0.05, 0.1) is 18.4 Å². The second-order valence-electron chi connectivity index (χ2n) is 9.84. The highest BCUT2D eigenvalue weighted by atomic mass is 32.2. The van der Waals surface area contributed by atoms with Gasteiger partial charge in [0.15, 0.2) is 0 Å². The zero-order valence-electron chi connectivity index (χ0n) is 20.1. The lowest BCUT2D eigenvalue weighted by Crippen LogP contribution is -2.44. The van der Waals surface area contributed by atoms with E-state index in [9.17, 15) is 13.2 Å². The number of methoxy groups -OCH3 is 1. The van der Waals surface area contributed by atoms with E-state index in [1.54, 1.807) is 19.2 Å². The van der Waals surface area contributed by atoms with E-state index in [1.165, 1.54) is 4.31 Å². The number of anilines is 1. The van der Waals surface area contributed by atoms with Crippen LogP contribution in [0.5, 0.6) is 5.75 Å². The molecule has 0 spiro atoms. The van der Waals surface area contributed by atoms with Gasteiger partial charge in [0, 0.05) is 36.8 Å². The molecule has 2 fully saturated rings. The number of amides is 1. The van der Waals surface area contributed by atoms with Crippen LogP contribution >= 0.6 is 0 Å². The number of benzene rings is 1. The molecule has 184 valence electrons. The maximum Gasteiger partial charge on any atom is 0.304 e. The molecule has 2 aromatic rings. The lowest BCUT2D eigenvalue weighted by molar-refractivity contribution is 0.0979. The van der Waals surface area contributed by atoms with Crippen molar-refractivity contribution in [3.05, 3.63) is 42.0 Å². The van der Waals surface area contributed by atoms with Crippen LogP contribution in [-0.2, 0) is 10.2 Å². The number of carbonyl (C=O) groups excluding carboxylic acids is 1. The molecular weight excluding hydrogens is 454 g/mol. The second-order valence-corrected chi connectivity index (χ2v) is 11.5. The van der Waals surface area contributed by atoms with E-state index < -0.39 is 16.1 Å². The van der Waals surface area contributed by atoms with Gasteiger partial charge in [-0.25, -0.2) is 9.71 Å². The smallest absolute Gasteiger partial charge is 0.304 e. The Labute approximate surface area is 201 Å². The van der Waals surface area contributed by atoms with E-state index in [0.717, 1.165) is 12.0 Å². The van der Waals surface area contributed by atoms with Gasteiger partial charge in [-0.05, 0) is 56.9 Å². The molecule has 2 saturated heterocycles. The lowest BCUT2D eigenvalue weighted by atomic mass is 9.97. The third-order valence-corrected chi connectivity index (χ3v) is 8.04. The highest BCUT2D eigenvalue weighted by molar-refractivity contribution is 7.87. The van der Waals surface area contributed by atoms with Crippen LogP contribution in [0.2, 0.25) is 0 Å². The van der Waals surface area contributed by atoms with Crippen molar-refractivity contribution in [3.8, 4) is 17.0 Å². The predicted molar refractivity (Wildman–Crippen MR) is 132 cm³/mol. The first-order valence-corrected chi connectivity index (χ1v) is 13.0. The van der Waals surface area contributed by atoms with E-state index >= 15 is 0 Å². The topological polar surface area (TPSA) is 118 Å². The van der Waals surface area contributed by atoms with E-state index in [4.69, 9.17) is 15.5 Å². The first kappa shape index (κ1) is 24.4. The Morgan fingerprint density at radius 1 is 1.21 bits per heavy atom. The standard InChI is InChI=1S/C24H33N5O4S/c1-16-13-24(2,3)29(14-16)22-19(23(30)27-34(31,32)28-12-11-17(25)15-28)9-10-20(26-22)18-7-5-6-8-21(18)33-4/h5-10,16-17H,11-15,25H2,1-4H3,(H,27,30)/t16-,17-/m0/s1. The molecule has 3 heterocycles. The van der Waals surface area contributed by atoms with Crippen molar-refractivity contribution in [1.29, 1.82) is 0 Å². The van der Waals surface area contributed by atoms with E-state index in [-0.39, 0.29) is 30.2 Å². The summed E-state index contributed by atoms with van der Waals surface area (Å²) in [5.41, 5.74) is 7.27. The normalized spacial score (nSPS) is 22.7. The Bertz CT molecular complexity index is 1180.